The van der Waals surface area contributed by atoms with E-state index in [2.05, 4.69) is 31.9 Å². The summed E-state index contributed by atoms with van der Waals surface area (Å²) in [6, 6.07) is 10.3. The van der Waals surface area contributed by atoms with Gasteiger partial charge in [-0.05, 0) is 80.8 Å². The van der Waals surface area contributed by atoms with E-state index in [4.69, 9.17) is 26.4 Å². The molecule has 2 amide bonds. The Morgan fingerprint density at radius 1 is 0.968 bits per heavy atom. The zero-order valence-electron chi connectivity index (χ0n) is 34.5. The zero-order chi connectivity index (χ0) is 43.1. The fraction of sp³-hybridized carbons (Fsp3) is 0.500. The summed E-state index contributed by atoms with van der Waals surface area (Å²) in [5.74, 6) is -3.51. The van der Waals surface area contributed by atoms with Crippen LogP contribution in [0.5, 0.6) is 5.75 Å². The first-order valence-electron chi connectivity index (χ1n) is 21.4. The number of anilines is 4. The second-order valence-electron chi connectivity index (χ2n) is 17.7. The molecule has 3 N–H and O–H groups in total. The first-order chi connectivity index (χ1) is 29.7. The zero-order valence-corrected chi connectivity index (χ0v) is 35.3. The van der Waals surface area contributed by atoms with Crippen molar-refractivity contribution in [1.29, 1.82) is 0 Å². The quantitative estimate of drug-likeness (QED) is 0.146. The van der Waals surface area contributed by atoms with E-state index in [-0.39, 0.29) is 40.1 Å². The molecule has 4 aliphatic heterocycles. The van der Waals surface area contributed by atoms with E-state index < -0.39 is 35.7 Å². The number of aromatic nitrogens is 5. The topological polar surface area (TPSA) is 152 Å². The third kappa shape index (κ3) is 7.39. The Kier molecular flexibility index (Phi) is 10.1. The molecule has 1 aliphatic carbocycles. The maximum atomic E-state index is 16.5. The van der Waals surface area contributed by atoms with Crippen LogP contribution >= 0.6 is 11.6 Å². The van der Waals surface area contributed by atoms with Crippen molar-refractivity contribution in [3.63, 3.8) is 0 Å². The van der Waals surface area contributed by atoms with Crippen LogP contribution < -0.4 is 31.1 Å². The number of amides is 2. The standard InChI is InChI=1S/C44H48ClF3N10O4/c1-55-32-10-8-26(20-30(32)35-37(41(55)61)62-23-44(47,48)38(52-35)25-6-7-25)50-39-31(45)21-49-42(53-39)58-18-14-43(46,15-19-58)22-57-16-12-24(13-17-57)27-4-3-5-28-34(54-56(2)36(27)28)29-9-11-33(59)51-40(29)60/h3-5,8,10,20-21,24-25,29,38,52H,6-7,9,11-19,22-23H2,1-2H3,(H,49,50,53)(H,51,59,60)/t29?,38-/m0/s1. The van der Waals surface area contributed by atoms with Crippen LogP contribution in [0.25, 0.3) is 21.8 Å². The molecule has 3 aromatic heterocycles. The lowest BCUT2D eigenvalue weighted by atomic mass is 9.85. The Morgan fingerprint density at radius 3 is 2.48 bits per heavy atom. The predicted molar refractivity (Wildman–Crippen MR) is 230 cm³/mol. The summed E-state index contributed by atoms with van der Waals surface area (Å²) in [5, 5.41) is 15.2. The molecule has 7 heterocycles. The van der Waals surface area contributed by atoms with Crippen LogP contribution in [0, 0.1) is 5.92 Å². The van der Waals surface area contributed by atoms with Gasteiger partial charge in [0.15, 0.2) is 12.4 Å². The second kappa shape index (κ2) is 15.4. The van der Waals surface area contributed by atoms with Gasteiger partial charge in [-0.1, -0.05) is 29.8 Å². The Morgan fingerprint density at radius 2 is 1.74 bits per heavy atom. The van der Waals surface area contributed by atoms with Gasteiger partial charge in [-0.3, -0.25) is 24.4 Å². The van der Waals surface area contributed by atoms with Crippen molar-refractivity contribution in [3.05, 3.63) is 69.2 Å². The number of piperidine rings is 3. The van der Waals surface area contributed by atoms with E-state index >= 15 is 13.2 Å². The molecule has 326 valence electrons. The number of ether oxygens (including phenoxy) is 1. The minimum Gasteiger partial charge on any atom is -0.480 e. The molecule has 2 atom stereocenters. The smallest absolute Gasteiger partial charge is 0.301 e. The number of imide groups is 1. The number of halogens is 4. The predicted octanol–water partition coefficient (Wildman–Crippen LogP) is 6.54. The van der Waals surface area contributed by atoms with E-state index in [9.17, 15) is 14.4 Å². The first-order valence-corrected chi connectivity index (χ1v) is 21.8. The molecular weight excluding hydrogens is 825 g/mol. The van der Waals surface area contributed by atoms with E-state index in [1.807, 2.05) is 28.8 Å². The number of carbonyl (C=O) groups excluding carboxylic acids is 2. The van der Waals surface area contributed by atoms with Crippen LogP contribution in [0.1, 0.15) is 74.5 Å². The van der Waals surface area contributed by atoms with Crippen LogP contribution in [0.15, 0.2) is 47.4 Å². The maximum absolute atomic E-state index is 16.5. The van der Waals surface area contributed by atoms with Crippen molar-refractivity contribution in [2.75, 3.05) is 54.9 Å². The van der Waals surface area contributed by atoms with E-state index in [1.165, 1.54) is 16.3 Å². The van der Waals surface area contributed by atoms with Crippen molar-refractivity contribution in [2.45, 2.75) is 80.8 Å². The maximum Gasteiger partial charge on any atom is 0.301 e. The molecule has 0 spiro atoms. The number of fused-ring (bicyclic) bond motifs is 4. The number of carbonyl (C=O) groups is 2. The summed E-state index contributed by atoms with van der Waals surface area (Å²) in [4.78, 5) is 51.1. The number of alkyl halides is 3. The number of aryl methyl sites for hydroxylation is 2. The van der Waals surface area contributed by atoms with Gasteiger partial charge in [-0.25, -0.2) is 18.2 Å². The highest BCUT2D eigenvalue weighted by atomic mass is 35.5. The summed E-state index contributed by atoms with van der Waals surface area (Å²) in [5.41, 5.74) is 2.36. The van der Waals surface area contributed by atoms with Gasteiger partial charge >= 0.3 is 5.92 Å². The van der Waals surface area contributed by atoms with Crippen molar-refractivity contribution in [1.82, 2.24) is 34.5 Å². The van der Waals surface area contributed by atoms with Gasteiger partial charge in [-0.2, -0.15) is 10.1 Å². The van der Waals surface area contributed by atoms with Crippen molar-refractivity contribution >= 4 is 68.4 Å². The number of hydrogen-bond acceptors (Lipinski definition) is 11. The summed E-state index contributed by atoms with van der Waals surface area (Å²) >= 11 is 6.60. The Balaban J connectivity index is 0.790. The fourth-order valence-electron chi connectivity index (χ4n) is 10.0. The summed E-state index contributed by atoms with van der Waals surface area (Å²) in [6.45, 7) is 1.81. The van der Waals surface area contributed by atoms with Gasteiger partial charge in [0.25, 0.3) is 5.56 Å². The molecule has 4 fully saturated rings. The molecule has 1 saturated carbocycles. The normalized spacial score (nSPS) is 23.1. The highest BCUT2D eigenvalue weighted by molar-refractivity contribution is 6.33. The monoisotopic (exact) mass is 872 g/mol. The number of para-hydroxylation sites is 1. The Hall–Kier alpha value is -5.42. The SMILES string of the molecule is Cn1nc(C2CCC(=O)NC2=O)c2cccc(C3CCN(CC4(F)CCN(c5ncc(Cl)c(Nc6ccc7c(c6)c6c(c(=O)n7C)OCC(F)(F)[C@H](C7CC7)N6)n5)CC4)CC3)c21. The molecule has 0 bridgehead atoms. The third-order valence-corrected chi connectivity index (χ3v) is 13.9. The van der Waals surface area contributed by atoms with Gasteiger partial charge in [-0.15, -0.1) is 0 Å². The van der Waals surface area contributed by atoms with Gasteiger partial charge in [0, 0.05) is 69.5 Å². The van der Waals surface area contributed by atoms with Crippen molar-refractivity contribution in [3.8, 4) is 5.75 Å². The van der Waals surface area contributed by atoms with Gasteiger partial charge in [0.2, 0.25) is 23.5 Å². The lowest BCUT2D eigenvalue weighted by Crippen LogP contribution is -2.50. The summed E-state index contributed by atoms with van der Waals surface area (Å²) < 4.78 is 55.6. The van der Waals surface area contributed by atoms with E-state index in [0.717, 1.165) is 36.8 Å². The van der Waals surface area contributed by atoms with Crippen LogP contribution in [0.2, 0.25) is 5.02 Å². The fourth-order valence-corrected chi connectivity index (χ4v) is 10.2. The molecule has 18 heteroatoms. The van der Waals surface area contributed by atoms with Crippen LogP contribution in [-0.4, -0.2) is 98.0 Å². The number of nitrogens with one attached hydrogen (secondary N) is 3. The molecule has 5 aliphatic rings. The summed E-state index contributed by atoms with van der Waals surface area (Å²) in [6.07, 6.45) is 5.96. The number of nitrogens with zero attached hydrogens (tertiary/aromatic N) is 7. The molecule has 0 radical (unpaired) electrons. The average molecular weight is 873 g/mol. The molecule has 2 aromatic carbocycles. The molecular formula is C44H48ClF3N10O4. The molecule has 14 nitrogen and oxygen atoms in total. The number of likely N-dealkylation sites (tertiary alicyclic amines) is 1. The Bertz CT molecular complexity index is 2670. The van der Waals surface area contributed by atoms with Crippen molar-refractivity contribution < 1.29 is 27.5 Å². The second-order valence-corrected chi connectivity index (χ2v) is 18.2. The van der Waals surface area contributed by atoms with Crippen LogP contribution in [0.3, 0.4) is 0 Å². The van der Waals surface area contributed by atoms with Gasteiger partial charge in [0.1, 0.15) is 10.7 Å². The van der Waals surface area contributed by atoms with E-state index in [1.54, 1.807) is 25.2 Å². The number of pyridine rings is 1. The molecule has 5 aromatic rings. The number of benzene rings is 2. The first kappa shape index (κ1) is 40.6. The minimum absolute atomic E-state index is 0.136. The van der Waals surface area contributed by atoms with E-state index in [0.29, 0.717) is 92.2 Å². The number of hydrogen-bond donors (Lipinski definition) is 3. The highest BCUT2D eigenvalue weighted by Gasteiger charge is 2.51. The lowest BCUT2D eigenvalue weighted by molar-refractivity contribution is -0.134. The van der Waals surface area contributed by atoms with Gasteiger partial charge < -0.3 is 29.7 Å². The molecule has 1 unspecified atom stereocenters. The van der Waals surface area contributed by atoms with Crippen LogP contribution in [-0.2, 0) is 23.7 Å². The Labute approximate surface area is 360 Å². The molecule has 10 rings (SSSR count). The molecule has 62 heavy (non-hydrogen) atoms. The third-order valence-electron chi connectivity index (χ3n) is 13.6. The minimum atomic E-state index is -3.15. The highest BCUT2D eigenvalue weighted by Crippen LogP contribution is 2.46. The van der Waals surface area contributed by atoms with Gasteiger partial charge in [0.05, 0.1) is 40.6 Å². The average Bonchev–Trinajstić information content (AvgIpc) is 4.05. The number of rotatable bonds is 8. The summed E-state index contributed by atoms with van der Waals surface area (Å²) in [7, 11) is 3.48. The van der Waals surface area contributed by atoms with Crippen LogP contribution in [0.4, 0.5) is 36.3 Å². The lowest BCUT2D eigenvalue weighted by Gasteiger charge is -2.41. The largest absolute Gasteiger partial charge is 0.480 e. The molecule has 3 saturated heterocycles. The van der Waals surface area contributed by atoms with Crippen molar-refractivity contribution in [2.24, 2.45) is 20.0 Å².